The number of hydrogen-bond acceptors (Lipinski definition) is 6. The Kier molecular flexibility index (Phi) is 3.76. The number of hydrogen-bond donors (Lipinski definition) is 1. The molecule has 0 fully saturated rings. The number of amides is 1. The number of anilines is 1. The number of ether oxygens (including phenoxy) is 3. The SMILES string of the molecule is COc1cc([C@@H]2SCC(=O)Nc3c2cnn3C)cc2c1OCCO2. The van der Waals surface area contributed by atoms with E-state index in [2.05, 4.69) is 10.4 Å². The smallest absolute Gasteiger partial charge is 0.235 e. The minimum Gasteiger partial charge on any atom is -0.493 e. The molecule has 0 saturated carbocycles. The van der Waals surface area contributed by atoms with E-state index >= 15 is 0 Å². The number of methoxy groups -OCH3 is 1. The molecular formula is C16H17N3O4S. The van der Waals surface area contributed by atoms with Gasteiger partial charge in [-0.05, 0) is 17.7 Å². The maximum atomic E-state index is 12.0. The minimum atomic E-state index is -0.0441. The van der Waals surface area contributed by atoms with E-state index in [9.17, 15) is 4.79 Å². The Morgan fingerprint density at radius 3 is 3.04 bits per heavy atom. The number of carbonyl (C=O) groups is 1. The van der Waals surface area contributed by atoms with E-state index in [1.807, 2.05) is 19.2 Å². The summed E-state index contributed by atoms with van der Waals surface area (Å²) in [6.07, 6.45) is 1.79. The van der Waals surface area contributed by atoms with Crippen LogP contribution in [0.3, 0.4) is 0 Å². The van der Waals surface area contributed by atoms with Crippen molar-refractivity contribution in [3.05, 3.63) is 29.5 Å². The van der Waals surface area contributed by atoms with E-state index in [0.717, 1.165) is 16.9 Å². The second kappa shape index (κ2) is 5.94. The molecule has 3 heterocycles. The van der Waals surface area contributed by atoms with Crippen LogP contribution >= 0.6 is 11.8 Å². The predicted molar refractivity (Wildman–Crippen MR) is 90.1 cm³/mol. The molecule has 1 aromatic carbocycles. The molecule has 0 bridgehead atoms. The molecule has 1 atom stereocenters. The van der Waals surface area contributed by atoms with Crippen molar-refractivity contribution in [1.29, 1.82) is 0 Å². The number of nitrogens with zero attached hydrogens (tertiary/aromatic N) is 2. The van der Waals surface area contributed by atoms with E-state index < -0.39 is 0 Å². The third-order valence-corrected chi connectivity index (χ3v) is 5.33. The van der Waals surface area contributed by atoms with Gasteiger partial charge in [0.15, 0.2) is 11.5 Å². The zero-order valence-corrected chi connectivity index (χ0v) is 14.2. The summed E-state index contributed by atoms with van der Waals surface area (Å²) in [7, 11) is 3.43. The van der Waals surface area contributed by atoms with Crippen LogP contribution in [0.15, 0.2) is 18.3 Å². The fourth-order valence-electron chi connectivity index (χ4n) is 2.94. The van der Waals surface area contributed by atoms with E-state index in [-0.39, 0.29) is 11.2 Å². The lowest BCUT2D eigenvalue weighted by Gasteiger charge is -2.23. The molecule has 1 amide bonds. The normalized spacial score (nSPS) is 19.2. The average molecular weight is 347 g/mol. The second-order valence-electron chi connectivity index (χ2n) is 5.56. The maximum Gasteiger partial charge on any atom is 0.235 e. The lowest BCUT2D eigenvalue weighted by molar-refractivity contribution is -0.113. The first-order valence-corrected chi connectivity index (χ1v) is 8.63. The fraction of sp³-hybridized carbons (Fsp3) is 0.375. The van der Waals surface area contributed by atoms with E-state index in [1.165, 1.54) is 0 Å². The van der Waals surface area contributed by atoms with Crippen molar-refractivity contribution in [2.45, 2.75) is 5.25 Å². The number of aromatic nitrogens is 2. The molecule has 0 aliphatic carbocycles. The Morgan fingerprint density at radius 1 is 1.38 bits per heavy atom. The number of aryl methyl sites for hydroxylation is 1. The Labute approximate surface area is 143 Å². The van der Waals surface area contributed by atoms with Gasteiger partial charge in [-0.1, -0.05) is 0 Å². The van der Waals surface area contributed by atoms with Crippen molar-refractivity contribution in [2.75, 3.05) is 31.4 Å². The topological polar surface area (TPSA) is 74.6 Å². The van der Waals surface area contributed by atoms with Gasteiger partial charge in [0.2, 0.25) is 11.7 Å². The Morgan fingerprint density at radius 2 is 2.21 bits per heavy atom. The van der Waals surface area contributed by atoms with Crippen molar-refractivity contribution < 1.29 is 19.0 Å². The van der Waals surface area contributed by atoms with Crippen LogP contribution in [0.5, 0.6) is 17.2 Å². The number of nitrogens with one attached hydrogen (secondary N) is 1. The van der Waals surface area contributed by atoms with Crippen LogP contribution in [0.2, 0.25) is 0 Å². The van der Waals surface area contributed by atoms with Crippen molar-refractivity contribution in [3.63, 3.8) is 0 Å². The Hall–Kier alpha value is -2.35. The molecule has 2 aliphatic rings. The molecule has 0 radical (unpaired) electrons. The summed E-state index contributed by atoms with van der Waals surface area (Å²) in [6, 6.07) is 3.90. The fourth-order valence-corrected chi connectivity index (χ4v) is 4.01. The van der Waals surface area contributed by atoms with Crippen LogP contribution in [-0.2, 0) is 11.8 Å². The number of rotatable bonds is 2. The highest BCUT2D eigenvalue weighted by Crippen LogP contribution is 2.47. The summed E-state index contributed by atoms with van der Waals surface area (Å²) in [5.74, 6) is 3.00. The summed E-state index contributed by atoms with van der Waals surface area (Å²) in [6.45, 7) is 1.02. The Bertz CT molecular complexity index is 788. The summed E-state index contributed by atoms with van der Waals surface area (Å²) < 4.78 is 18.5. The molecule has 2 aliphatic heterocycles. The van der Waals surface area contributed by atoms with Crippen LogP contribution in [0, 0.1) is 0 Å². The molecule has 1 N–H and O–H groups in total. The molecule has 24 heavy (non-hydrogen) atoms. The van der Waals surface area contributed by atoms with Crippen LogP contribution in [0.25, 0.3) is 0 Å². The number of fused-ring (bicyclic) bond motifs is 2. The summed E-state index contributed by atoms with van der Waals surface area (Å²) >= 11 is 1.55. The molecule has 0 spiro atoms. The molecule has 1 aromatic heterocycles. The molecular weight excluding hydrogens is 330 g/mol. The van der Waals surface area contributed by atoms with Crippen LogP contribution in [0.4, 0.5) is 5.82 Å². The highest BCUT2D eigenvalue weighted by molar-refractivity contribution is 8.00. The first-order valence-electron chi connectivity index (χ1n) is 7.58. The van der Waals surface area contributed by atoms with Gasteiger partial charge >= 0.3 is 0 Å². The van der Waals surface area contributed by atoms with Gasteiger partial charge in [0, 0.05) is 12.6 Å². The highest BCUT2D eigenvalue weighted by Gasteiger charge is 2.29. The maximum absolute atomic E-state index is 12.0. The number of carbonyl (C=O) groups excluding carboxylic acids is 1. The summed E-state index contributed by atoms with van der Waals surface area (Å²) in [4.78, 5) is 12.0. The van der Waals surface area contributed by atoms with Gasteiger partial charge in [-0.3, -0.25) is 9.48 Å². The van der Waals surface area contributed by atoms with Gasteiger partial charge in [-0.2, -0.15) is 5.10 Å². The van der Waals surface area contributed by atoms with Gasteiger partial charge in [-0.25, -0.2) is 0 Å². The summed E-state index contributed by atoms with van der Waals surface area (Å²) in [5.41, 5.74) is 1.96. The molecule has 4 rings (SSSR count). The van der Waals surface area contributed by atoms with Gasteiger partial charge in [-0.15, -0.1) is 11.8 Å². The van der Waals surface area contributed by atoms with Crippen molar-refractivity contribution in [3.8, 4) is 17.2 Å². The number of benzene rings is 1. The molecule has 2 aromatic rings. The predicted octanol–water partition coefficient (Wildman–Crippen LogP) is 1.97. The zero-order chi connectivity index (χ0) is 16.7. The van der Waals surface area contributed by atoms with E-state index in [4.69, 9.17) is 14.2 Å². The number of thioether (sulfide) groups is 1. The van der Waals surface area contributed by atoms with Crippen LogP contribution in [-0.4, -0.2) is 41.8 Å². The van der Waals surface area contributed by atoms with Crippen molar-refractivity contribution >= 4 is 23.5 Å². The zero-order valence-electron chi connectivity index (χ0n) is 13.4. The van der Waals surface area contributed by atoms with Gasteiger partial charge in [0.05, 0.1) is 24.3 Å². The minimum absolute atomic E-state index is 0.0307. The first kappa shape index (κ1) is 15.2. The molecule has 8 heteroatoms. The first-order chi connectivity index (χ1) is 11.7. The van der Waals surface area contributed by atoms with Crippen molar-refractivity contribution in [2.24, 2.45) is 7.05 Å². The molecule has 0 unspecified atom stereocenters. The van der Waals surface area contributed by atoms with Gasteiger partial charge < -0.3 is 19.5 Å². The lowest BCUT2D eigenvalue weighted by Crippen LogP contribution is -2.16. The van der Waals surface area contributed by atoms with Gasteiger partial charge in [0.1, 0.15) is 19.0 Å². The average Bonchev–Trinajstić information content (AvgIpc) is 2.86. The third-order valence-electron chi connectivity index (χ3n) is 4.04. The summed E-state index contributed by atoms with van der Waals surface area (Å²) in [5, 5.41) is 7.15. The third kappa shape index (κ3) is 2.47. The van der Waals surface area contributed by atoms with E-state index in [1.54, 1.807) is 29.8 Å². The highest BCUT2D eigenvalue weighted by atomic mass is 32.2. The second-order valence-corrected chi connectivity index (χ2v) is 6.65. The lowest BCUT2D eigenvalue weighted by atomic mass is 10.0. The van der Waals surface area contributed by atoms with Gasteiger partial charge in [0.25, 0.3) is 0 Å². The standard InChI is InChI=1S/C16H17N3O4S/c1-19-16-10(7-17-19)15(24-8-13(20)18-16)9-5-11(21-2)14-12(6-9)22-3-4-23-14/h5-7,15H,3-4,8H2,1-2H3,(H,18,20)/t15-/m0/s1. The Balaban J connectivity index is 1.82. The van der Waals surface area contributed by atoms with Crippen molar-refractivity contribution in [1.82, 2.24) is 9.78 Å². The largest absolute Gasteiger partial charge is 0.493 e. The van der Waals surface area contributed by atoms with Crippen LogP contribution < -0.4 is 19.5 Å². The quantitative estimate of drug-likeness (QED) is 0.895. The molecule has 126 valence electrons. The van der Waals surface area contributed by atoms with Crippen LogP contribution in [0.1, 0.15) is 16.4 Å². The molecule has 0 saturated heterocycles. The molecule has 7 nitrogen and oxygen atoms in total. The van der Waals surface area contributed by atoms with E-state index in [0.29, 0.717) is 36.2 Å². The monoisotopic (exact) mass is 347 g/mol.